The van der Waals surface area contributed by atoms with Gasteiger partial charge in [-0.25, -0.2) is 4.39 Å². The summed E-state index contributed by atoms with van der Waals surface area (Å²) in [6.45, 7) is 0.242. The standard InChI is InChI=1S/C17H17FN2O/c18-13-6-8-14(9-7-13)19-11-17(21)16-10-5-12-3-1-2-4-15(12)20-16/h1-4,6-9,16,19-20H,5,10-11H2. The Morgan fingerprint density at radius 1 is 1.19 bits per heavy atom. The van der Waals surface area contributed by atoms with E-state index in [-0.39, 0.29) is 24.2 Å². The molecule has 0 saturated heterocycles. The van der Waals surface area contributed by atoms with Crippen LogP contribution in [0.25, 0.3) is 0 Å². The number of fused-ring (bicyclic) bond motifs is 1. The number of benzene rings is 2. The lowest BCUT2D eigenvalue weighted by atomic mass is 9.95. The van der Waals surface area contributed by atoms with Crippen molar-refractivity contribution < 1.29 is 9.18 Å². The number of anilines is 2. The third kappa shape index (κ3) is 3.21. The van der Waals surface area contributed by atoms with Crippen LogP contribution in [-0.2, 0) is 11.2 Å². The third-order valence-corrected chi connectivity index (χ3v) is 3.75. The van der Waals surface area contributed by atoms with Crippen LogP contribution in [0.5, 0.6) is 0 Å². The molecule has 0 aromatic heterocycles. The summed E-state index contributed by atoms with van der Waals surface area (Å²) in [4.78, 5) is 12.2. The van der Waals surface area contributed by atoms with Crippen LogP contribution in [0.4, 0.5) is 15.8 Å². The van der Waals surface area contributed by atoms with Gasteiger partial charge in [-0.1, -0.05) is 18.2 Å². The molecule has 1 aliphatic rings. The predicted octanol–water partition coefficient (Wildman–Crippen LogP) is 3.23. The zero-order valence-corrected chi connectivity index (χ0v) is 11.6. The first-order valence-electron chi connectivity index (χ1n) is 7.09. The Labute approximate surface area is 123 Å². The molecule has 0 fully saturated rings. The van der Waals surface area contributed by atoms with Crippen LogP contribution < -0.4 is 10.6 Å². The summed E-state index contributed by atoms with van der Waals surface area (Å²) in [6, 6.07) is 13.9. The number of hydrogen-bond acceptors (Lipinski definition) is 3. The quantitative estimate of drug-likeness (QED) is 0.905. The fourth-order valence-corrected chi connectivity index (χ4v) is 2.56. The van der Waals surface area contributed by atoms with Crippen LogP contribution in [0.1, 0.15) is 12.0 Å². The Morgan fingerprint density at radius 2 is 1.95 bits per heavy atom. The predicted molar refractivity (Wildman–Crippen MR) is 82.1 cm³/mol. The van der Waals surface area contributed by atoms with Gasteiger partial charge in [-0.15, -0.1) is 0 Å². The number of hydrogen-bond donors (Lipinski definition) is 2. The molecule has 4 heteroatoms. The summed E-state index contributed by atoms with van der Waals surface area (Å²) in [5.74, 6) is -0.161. The molecule has 0 spiro atoms. The van der Waals surface area contributed by atoms with Gasteiger partial charge in [0.15, 0.2) is 5.78 Å². The molecular formula is C17H17FN2O. The molecule has 1 heterocycles. The molecule has 0 radical (unpaired) electrons. The number of Topliss-reactive ketones (excluding diaryl/α,β-unsaturated/α-hetero) is 1. The van der Waals surface area contributed by atoms with E-state index in [2.05, 4.69) is 16.7 Å². The maximum Gasteiger partial charge on any atom is 0.173 e. The molecule has 2 aromatic rings. The average molecular weight is 284 g/mol. The first kappa shape index (κ1) is 13.6. The zero-order valence-electron chi connectivity index (χ0n) is 11.6. The fraction of sp³-hybridized carbons (Fsp3) is 0.235. The van der Waals surface area contributed by atoms with E-state index in [4.69, 9.17) is 0 Å². The number of carbonyl (C=O) groups is 1. The fourth-order valence-electron chi connectivity index (χ4n) is 2.56. The number of halogens is 1. The first-order valence-corrected chi connectivity index (χ1v) is 7.09. The minimum absolute atomic E-state index is 0.119. The highest BCUT2D eigenvalue weighted by Crippen LogP contribution is 2.24. The van der Waals surface area contributed by atoms with Crippen LogP contribution in [0, 0.1) is 5.82 Å². The van der Waals surface area contributed by atoms with Crippen LogP contribution in [0.3, 0.4) is 0 Å². The van der Waals surface area contributed by atoms with E-state index in [1.54, 1.807) is 12.1 Å². The zero-order chi connectivity index (χ0) is 14.7. The van der Waals surface area contributed by atoms with E-state index in [0.717, 1.165) is 24.2 Å². The minimum Gasteiger partial charge on any atom is -0.378 e. The van der Waals surface area contributed by atoms with Crippen molar-refractivity contribution in [3.05, 3.63) is 59.9 Å². The lowest BCUT2D eigenvalue weighted by Gasteiger charge is -2.26. The molecular weight excluding hydrogens is 267 g/mol. The topological polar surface area (TPSA) is 41.1 Å². The number of ketones is 1. The average Bonchev–Trinajstić information content (AvgIpc) is 2.53. The normalized spacial score (nSPS) is 16.7. The highest BCUT2D eigenvalue weighted by atomic mass is 19.1. The molecule has 0 saturated carbocycles. The number of aryl methyl sites for hydroxylation is 1. The Morgan fingerprint density at radius 3 is 2.76 bits per heavy atom. The van der Waals surface area contributed by atoms with Crippen molar-refractivity contribution in [1.82, 2.24) is 0 Å². The second kappa shape index (κ2) is 5.95. The molecule has 3 rings (SSSR count). The smallest absolute Gasteiger partial charge is 0.173 e. The maximum absolute atomic E-state index is 12.8. The van der Waals surface area contributed by atoms with E-state index in [1.165, 1.54) is 17.7 Å². The van der Waals surface area contributed by atoms with Crippen LogP contribution >= 0.6 is 0 Å². The Hall–Kier alpha value is -2.36. The van der Waals surface area contributed by atoms with Crippen molar-refractivity contribution in [2.75, 3.05) is 17.2 Å². The summed E-state index contributed by atoms with van der Waals surface area (Å²) in [5, 5.41) is 6.33. The number of para-hydroxylation sites is 1. The summed E-state index contributed by atoms with van der Waals surface area (Å²) >= 11 is 0. The van der Waals surface area contributed by atoms with Crippen molar-refractivity contribution in [2.24, 2.45) is 0 Å². The van der Waals surface area contributed by atoms with Gasteiger partial charge in [-0.3, -0.25) is 4.79 Å². The van der Waals surface area contributed by atoms with Gasteiger partial charge in [0, 0.05) is 11.4 Å². The van der Waals surface area contributed by atoms with Gasteiger partial charge in [0.25, 0.3) is 0 Å². The van der Waals surface area contributed by atoms with E-state index in [1.807, 2.05) is 18.2 Å². The van der Waals surface area contributed by atoms with Gasteiger partial charge in [-0.2, -0.15) is 0 Å². The van der Waals surface area contributed by atoms with Crippen molar-refractivity contribution in [3.8, 4) is 0 Å². The van der Waals surface area contributed by atoms with E-state index >= 15 is 0 Å². The molecule has 1 aliphatic heterocycles. The van der Waals surface area contributed by atoms with E-state index in [9.17, 15) is 9.18 Å². The SMILES string of the molecule is O=C(CNc1ccc(F)cc1)C1CCc2ccccc2N1. The van der Waals surface area contributed by atoms with Gasteiger partial charge in [-0.05, 0) is 48.7 Å². The van der Waals surface area contributed by atoms with Gasteiger partial charge >= 0.3 is 0 Å². The molecule has 3 nitrogen and oxygen atoms in total. The number of rotatable bonds is 4. The molecule has 108 valence electrons. The van der Waals surface area contributed by atoms with Crippen molar-refractivity contribution >= 4 is 17.2 Å². The van der Waals surface area contributed by atoms with E-state index in [0.29, 0.717) is 0 Å². The highest BCUT2D eigenvalue weighted by molar-refractivity contribution is 5.90. The van der Waals surface area contributed by atoms with Crippen molar-refractivity contribution in [3.63, 3.8) is 0 Å². The highest BCUT2D eigenvalue weighted by Gasteiger charge is 2.23. The summed E-state index contributed by atoms with van der Waals surface area (Å²) in [6.07, 6.45) is 1.72. The number of nitrogens with one attached hydrogen (secondary N) is 2. The maximum atomic E-state index is 12.8. The molecule has 21 heavy (non-hydrogen) atoms. The molecule has 0 aliphatic carbocycles. The molecule has 2 N–H and O–H groups in total. The van der Waals surface area contributed by atoms with Crippen molar-refractivity contribution in [1.29, 1.82) is 0 Å². The van der Waals surface area contributed by atoms with Crippen LogP contribution in [-0.4, -0.2) is 18.4 Å². The molecule has 0 bridgehead atoms. The Kier molecular flexibility index (Phi) is 3.86. The van der Waals surface area contributed by atoms with Crippen molar-refractivity contribution in [2.45, 2.75) is 18.9 Å². The van der Waals surface area contributed by atoms with E-state index < -0.39 is 0 Å². The third-order valence-electron chi connectivity index (χ3n) is 3.75. The Bertz CT molecular complexity index is 639. The summed E-state index contributed by atoms with van der Waals surface area (Å²) < 4.78 is 12.8. The van der Waals surface area contributed by atoms with Crippen LogP contribution in [0.15, 0.2) is 48.5 Å². The lowest BCUT2D eigenvalue weighted by molar-refractivity contribution is -0.118. The first-order chi connectivity index (χ1) is 10.2. The second-order valence-electron chi connectivity index (χ2n) is 5.22. The van der Waals surface area contributed by atoms with Gasteiger partial charge in [0.1, 0.15) is 5.82 Å². The van der Waals surface area contributed by atoms with Gasteiger partial charge < -0.3 is 10.6 Å². The minimum atomic E-state index is -0.280. The summed E-state index contributed by atoms with van der Waals surface area (Å²) in [7, 11) is 0. The molecule has 1 unspecified atom stereocenters. The monoisotopic (exact) mass is 284 g/mol. The largest absolute Gasteiger partial charge is 0.378 e. The lowest BCUT2D eigenvalue weighted by Crippen LogP contribution is -2.37. The summed E-state index contributed by atoms with van der Waals surface area (Å²) in [5.41, 5.74) is 3.05. The van der Waals surface area contributed by atoms with Gasteiger partial charge in [0.05, 0.1) is 12.6 Å². The molecule has 1 atom stereocenters. The molecule has 0 amide bonds. The number of carbonyl (C=O) groups excluding carboxylic acids is 1. The molecule has 2 aromatic carbocycles. The van der Waals surface area contributed by atoms with Gasteiger partial charge in [0.2, 0.25) is 0 Å². The van der Waals surface area contributed by atoms with Crippen LogP contribution in [0.2, 0.25) is 0 Å². The second-order valence-corrected chi connectivity index (χ2v) is 5.22. The Balaban J connectivity index is 1.58.